The van der Waals surface area contributed by atoms with Crippen molar-refractivity contribution in [1.29, 1.82) is 0 Å². The van der Waals surface area contributed by atoms with Crippen molar-refractivity contribution in [3.63, 3.8) is 0 Å². The largest absolute Gasteiger partial charge is 0.477 e. The molecule has 0 radical (unpaired) electrons. The molecule has 0 saturated heterocycles. The molecule has 2 heterocycles. The van der Waals surface area contributed by atoms with Crippen molar-refractivity contribution >= 4 is 17.0 Å². The summed E-state index contributed by atoms with van der Waals surface area (Å²) in [5.41, 5.74) is 0.540. The fraction of sp³-hybridized carbons (Fsp3) is 0.300. The first kappa shape index (κ1) is 10.4. The molecule has 0 fully saturated rings. The number of pyridine rings is 1. The van der Waals surface area contributed by atoms with Gasteiger partial charge in [0.05, 0.1) is 6.61 Å². The second kappa shape index (κ2) is 3.80. The van der Waals surface area contributed by atoms with Crippen molar-refractivity contribution < 1.29 is 14.6 Å². The molecule has 2 rings (SSSR count). The number of aromatic carboxylic acids is 1. The summed E-state index contributed by atoms with van der Waals surface area (Å²) in [5.74, 6) is -0.942. The fourth-order valence-corrected chi connectivity index (χ4v) is 1.46. The van der Waals surface area contributed by atoms with Crippen LogP contribution in [0.25, 0.3) is 11.0 Å². The van der Waals surface area contributed by atoms with Gasteiger partial charge in [0.15, 0.2) is 5.65 Å². The van der Waals surface area contributed by atoms with E-state index in [1.165, 1.54) is 6.07 Å². The van der Waals surface area contributed by atoms with E-state index in [4.69, 9.17) is 9.84 Å². The third-order valence-electron chi connectivity index (χ3n) is 2.09. The lowest BCUT2D eigenvalue weighted by Crippen LogP contribution is -2.04. The van der Waals surface area contributed by atoms with E-state index in [9.17, 15) is 4.79 Å². The maximum atomic E-state index is 11.0. The van der Waals surface area contributed by atoms with Gasteiger partial charge in [-0.2, -0.15) is 10.1 Å². The smallest absolute Gasteiger partial charge is 0.341 e. The van der Waals surface area contributed by atoms with Crippen LogP contribution in [0.3, 0.4) is 0 Å². The van der Waals surface area contributed by atoms with Crippen molar-refractivity contribution in [3.8, 4) is 5.88 Å². The third-order valence-corrected chi connectivity index (χ3v) is 2.09. The van der Waals surface area contributed by atoms with E-state index in [1.807, 2.05) is 0 Å². The number of hydrogen-bond donors (Lipinski definition) is 1. The Bertz CT molecular complexity index is 547. The van der Waals surface area contributed by atoms with Gasteiger partial charge in [-0.25, -0.2) is 4.79 Å². The summed E-state index contributed by atoms with van der Waals surface area (Å²) in [7, 11) is 1.75. The molecule has 2 aromatic heterocycles. The van der Waals surface area contributed by atoms with Crippen LogP contribution < -0.4 is 4.74 Å². The molecule has 0 aliphatic rings. The molecule has 0 amide bonds. The number of carboxylic acid groups (broad SMARTS) is 1. The van der Waals surface area contributed by atoms with Crippen LogP contribution in [0.5, 0.6) is 5.88 Å². The Hall–Kier alpha value is -2.11. The lowest BCUT2D eigenvalue weighted by molar-refractivity contribution is 0.0692. The number of nitrogens with zero attached hydrogens (tertiary/aromatic N) is 3. The molecule has 6 heteroatoms. The fourth-order valence-electron chi connectivity index (χ4n) is 1.46. The Morgan fingerprint density at radius 1 is 1.62 bits per heavy atom. The lowest BCUT2D eigenvalue weighted by Gasteiger charge is -2.04. The van der Waals surface area contributed by atoms with E-state index >= 15 is 0 Å². The van der Waals surface area contributed by atoms with E-state index in [0.717, 1.165) is 0 Å². The lowest BCUT2D eigenvalue weighted by atomic mass is 10.2. The van der Waals surface area contributed by atoms with Crippen LogP contribution in [-0.2, 0) is 7.05 Å². The number of aryl methyl sites for hydroxylation is 1. The molecule has 0 aliphatic heterocycles. The van der Waals surface area contributed by atoms with Crippen LogP contribution in [0, 0.1) is 0 Å². The minimum atomic E-state index is -1.05. The topological polar surface area (TPSA) is 77.2 Å². The summed E-state index contributed by atoms with van der Waals surface area (Å²) in [5, 5.41) is 13.8. The maximum absolute atomic E-state index is 11.0. The van der Waals surface area contributed by atoms with Crippen LogP contribution in [0.4, 0.5) is 0 Å². The minimum absolute atomic E-state index is 0.0577. The number of carbonyl (C=O) groups is 1. The molecule has 0 aromatic carbocycles. The van der Waals surface area contributed by atoms with Crippen molar-refractivity contribution in [2.45, 2.75) is 6.92 Å². The van der Waals surface area contributed by atoms with Gasteiger partial charge in [-0.3, -0.25) is 4.68 Å². The maximum Gasteiger partial charge on any atom is 0.341 e. The molecule has 0 unspecified atom stereocenters. The molecule has 0 spiro atoms. The van der Waals surface area contributed by atoms with E-state index in [1.54, 1.807) is 24.9 Å². The van der Waals surface area contributed by atoms with Gasteiger partial charge in [0.1, 0.15) is 5.56 Å². The summed E-state index contributed by atoms with van der Waals surface area (Å²) < 4.78 is 6.76. The Morgan fingerprint density at radius 2 is 2.38 bits per heavy atom. The van der Waals surface area contributed by atoms with E-state index in [-0.39, 0.29) is 11.4 Å². The average molecular weight is 221 g/mol. The standard InChI is InChI=1S/C10H11N3O3/c1-3-16-9-7(10(14)15)4-6-5-13(2)12-8(6)11-9/h4-5H,3H2,1-2H3,(H,14,15). The monoisotopic (exact) mass is 221 g/mol. The quantitative estimate of drug-likeness (QED) is 0.838. The normalized spacial score (nSPS) is 10.6. The highest BCUT2D eigenvalue weighted by atomic mass is 16.5. The number of rotatable bonds is 3. The molecule has 84 valence electrons. The van der Waals surface area contributed by atoms with Crippen LogP contribution in [0.1, 0.15) is 17.3 Å². The molecule has 16 heavy (non-hydrogen) atoms. The molecule has 1 N–H and O–H groups in total. The van der Waals surface area contributed by atoms with Crippen LogP contribution in [0.15, 0.2) is 12.3 Å². The summed E-state index contributed by atoms with van der Waals surface area (Å²) >= 11 is 0. The van der Waals surface area contributed by atoms with E-state index in [0.29, 0.717) is 17.6 Å². The predicted octanol–water partition coefficient (Wildman–Crippen LogP) is 1.07. The molecular weight excluding hydrogens is 210 g/mol. The summed E-state index contributed by atoms with van der Waals surface area (Å²) in [6, 6.07) is 1.52. The Morgan fingerprint density at radius 3 is 3.00 bits per heavy atom. The number of ether oxygens (including phenoxy) is 1. The highest BCUT2D eigenvalue weighted by Crippen LogP contribution is 2.21. The first-order chi connectivity index (χ1) is 7.61. The van der Waals surface area contributed by atoms with Crippen LogP contribution >= 0.6 is 0 Å². The van der Waals surface area contributed by atoms with Gasteiger partial charge < -0.3 is 9.84 Å². The summed E-state index contributed by atoms with van der Waals surface area (Å²) in [6.45, 7) is 2.14. The second-order valence-corrected chi connectivity index (χ2v) is 3.29. The van der Waals surface area contributed by atoms with Crippen molar-refractivity contribution in [3.05, 3.63) is 17.8 Å². The van der Waals surface area contributed by atoms with Gasteiger partial charge in [-0.05, 0) is 13.0 Å². The average Bonchev–Trinajstić information content (AvgIpc) is 2.56. The third kappa shape index (κ3) is 1.69. The number of fused-ring (bicyclic) bond motifs is 1. The highest BCUT2D eigenvalue weighted by Gasteiger charge is 2.15. The molecular formula is C10H11N3O3. The Kier molecular flexibility index (Phi) is 2.47. The van der Waals surface area contributed by atoms with E-state index < -0.39 is 5.97 Å². The van der Waals surface area contributed by atoms with Crippen LogP contribution in [0.2, 0.25) is 0 Å². The first-order valence-corrected chi connectivity index (χ1v) is 4.82. The molecule has 0 atom stereocenters. The van der Waals surface area contributed by atoms with Crippen molar-refractivity contribution in [2.75, 3.05) is 6.61 Å². The second-order valence-electron chi connectivity index (χ2n) is 3.29. The number of hydrogen-bond acceptors (Lipinski definition) is 4. The van der Waals surface area contributed by atoms with E-state index in [2.05, 4.69) is 10.1 Å². The van der Waals surface area contributed by atoms with Gasteiger partial charge >= 0.3 is 5.97 Å². The van der Waals surface area contributed by atoms with Gasteiger partial charge in [0.2, 0.25) is 5.88 Å². The molecule has 6 nitrogen and oxygen atoms in total. The number of carboxylic acids is 1. The molecule has 2 aromatic rings. The van der Waals surface area contributed by atoms with Crippen molar-refractivity contribution in [1.82, 2.24) is 14.8 Å². The first-order valence-electron chi connectivity index (χ1n) is 4.82. The molecule has 0 bridgehead atoms. The molecule has 0 saturated carbocycles. The summed E-state index contributed by atoms with van der Waals surface area (Å²) in [4.78, 5) is 15.1. The zero-order chi connectivity index (χ0) is 11.7. The zero-order valence-electron chi connectivity index (χ0n) is 8.97. The predicted molar refractivity (Wildman–Crippen MR) is 56.6 cm³/mol. The van der Waals surface area contributed by atoms with Gasteiger partial charge in [0, 0.05) is 18.6 Å². The zero-order valence-corrected chi connectivity index (χ0v) is 8.97. The SMILES string of the molecule is CCOc1nc2nn(C)cc2cc1C(=O)O. The minimum Gasteiger partial charge on any atom is -0.477 e. The summed E-state index contributed by atoms with van der Waals surface area (Å²) in [6.07, 6.45) is 1.71. The van der Waals surface area contributed by atoms with Gasteiger partial charge in [-0.15, -0.1) is 0 Å². The van der Waals surface area contributed by atoms with Crippen molar-refractivity contribution in [2.24, 2.45) is 7.05 Å². The van der Waals surface area contributed by atoms with Crippen LogP contribution in [-0.4, -0.2) is 32.4 Å². The van der Waals surface area contributed by atoms with Gasteiger partial charge in [-0.1, -0.05) is 0 Å². The van der Waals surface area contributed by atoms with Gasteiger partial charge in [0.25, 0.3) is 0 Å². The Labute approximate surface area is 91.5 Å². The number of aromatic nitrogens is 3. The highest BCUT2D eigenvalue weighted by molar-refractivity contribution is 5.94. The Balaban J connectivity index is 2.64. The molecule has 0 aliphatic carbocycles.